The highest BCUT2D eigenvalue weighted by Crippen LogP contribution is 2.50. The molecular formula is C68H42N2S4. The molecule has 0 aliphatic rings. The van der Waals surface area contributed by atoms with Crippen LogP contribution in [-0.2, 0) is 0 Å². The molecule has 0 saturated heterocycles. The third kappa shape index (κ3) is 7.25. The SMILES string of the molecule is c1ccc(N(c2ccccc2)c2cc(-c3cccc(-c4ccc(-c5cc(N(c6ccccc6)c6ccc7sc8c9ccccc9sc8c7c6)cc6c5sc5ccccc56)cc4)c3)c3sc4ccccc4c3c2)cc1. The Bertz CT molecular complexity index is 4570. The van der Waals surface area contributed by atoms with Crippen LogP contribution in [0.4, 0.5) is 34.1 Å². The van der Waals surface area contributed by atoms with Gasteiger partial charge in [-0.15, -0.1) is 45.3 Å². The van der Waals surface area contributed by atoms with Gasteiger partial charge in [-0.1, -0.05) is 152 Å². The molecule has 348 valence electrons. The summed E-state index contributed by atoms with van der Waals surface area (Å²) >= 11 is 7.58. The van der Waals surface area contributed by atoms with Crippen LogP contribution in [0.5, 0.6) is 0 Å². The Kier molecular flexibility index (Phi) is 10.3. The Balaban J connectivity index is 0.858. The van der Waals surface area contributed by atoms with Crippen LogP contribution in [0.15, 0.2) is 255 Å². The van der Waals surface area contributed by atoms with Crippen LogP contribution in [0.25, 0.3) is 103 Å². The van der Waals surface area contributed by atoms with Gasteiger partial charge in [0.15, 0.2) is 0 Å². The first kappa shape index (κ1) is 43.2. The second-order valence-electron chi connectivity index (χ2n) is 18.8. The van der Waals surface area contributed by atoms with Crippen LogP contribution in [0, 0.1) is 0 Å². The summed E-state index contributed by atoms with van der Waals surface area (Å²) < 4.78 is 10.6. The van der Waals surface area contributed by atoms with E-state index in [1.807, 2.05) is 45.3 Å². The lowest BCUT2D eigenvalue weighted by Gasteiger charge is -2.26. The Morgan fingerprint density at radius 1 is 0.203 bits per heavy atom. The van der Waals surface area contributed by atoms with Crippen molar-refractivity contribution in [3.8, 4) is 33.4 Å². The van der Waals surface area contributed by atoms with E-state index in [0.717, 1.165) is 34.1 Å². The van der Waals surface area contributed by atoms with E-state index in [1.165, 1.54) is 103 Å². The maximum atomic E-state index is 2.45. The number of nitrogens with zero attached hydrogens (tertiary/aromatic N) is 2. The van der Waals surface area contributed by atoms with Crippen molar-refractivity contribution in [2.45, 2.75) is 0 Å². The highest BCUT2D eigenvalue weighted by molar-refractivity contribution is 7.36. The molecule has 15 aromatic rings. The number of fused-ring (bicyclic) bond motifs is 11. The Morgan fingerprint density at radius 2 is 0.608 bits per heavy atom. The second kappa shape index (κ2) is 17.7. The fourth-order valence-corrected chi connectivity index (χ4v) is 16.0. The van der Waals surface area contributed by atoms with E-state index in [9.17, 15) is 0 Å². The average molecular weight is 1020 g/mol. The Hall–Kier alpha value is -8.36. The molecule has 0 radical (unpaired) electrons. The first-order valence-corrected chi connectivity index (χ1v) is 28.1. The summed E-state index contributed by atoms with van der Waals surface area (Å²) in [7, 11) is 0. The fourth-order valence-electron chi connectivity index (χ4n) is 11.0. The normalized spacial score (nSPS) is 11.8. The van der Waals surface area contributed by atoms with Gasteiger partial charge in [0.2, 0.25) is 0 Å². The maximum absolute atomic E-state index is 2.45. The first-order chi connectivity index (χ1) is 36.7. The average Bonchev–Trinajstić information content (AvgIpc) is 4.25. The fraction of sp³-hybridized carbons (Fsp3) is 0. The van der Waals surface area contributed by atoms with E-state index in [0.29, 0.717) is 0 Å². The third-order valence-electron chi connectivity index (χ3n) is 14.4. The molecule has 0 atom stereocenters. The van der Waals surface area contributed by atoms with Crippen molar-refractivity contribution in [3.05, 3.63) is 255 Å². The van der Waals surface area contributed by atoms with Crippen molar-refractivity contribution in [1.82, 2.24) is 0 Å². The number of hydrogen-bond donors (Lipinski definition) is 0. The summed E-state index contributed by atoms with van der Waals surface area (Å²) in [5.41, 5.74) is 14.0. The number of rotatable bonds is 9. The lowest BCUT2D eigenvalue weighted by atomic mass is 9.95. The zero-order chi connectivity index (χ0) is 48.7. The predicted molar refractivity (Wildman–Crippen MR) is 326 cm³/mol. The molecule has 0 fully saturated rings. The monoisotopic (exact) mass is 1010 g/mol. The summed E-state index contributed by atoms with van der Waals surface area (Å²) in [6, 6.07) is 93.9. The van der Waals surface area contributed by atoms with E-state index in [4.69, 9.17) is 0 Å². The molecule has 74 heavy (non-hydrogen) atoms. The number of benzene rings is 11. The van der Waals surface area contributed by atoms with Gasteiger partial charge in [-0.3, -0.25) is 0 Å². The van der Waals surface area contributed by atoms with Gasteiger partial charge in [0.1, 0.15) is 0 Å². The van der Waals surface area contributed by atoms with E-state index < -0.39 is 0 Å². The minimum atomic E-state index is 1.12. The van der Waals surface area contributed by atoms with Crippen LogP contribution in [0.2, 0.25) is 0 Å². The molecule has 4 aromatic heterocycles. The van der Waals surface area contributed by atoms with Crippen molar-refractivity contribution in [2.75, 3.05) is 9.80 Å². The molecule has 0 bridgehead atoms. The molecule has 6 heteroatoms. The third-order valence-corrected chi connectivity index (χ3v) is 19.4. The number of thiophene rings is 4. The molecule has 0 spiro atoms. The zero-order valence-corrected chi connectivity index (χ0v) is 43.0. The van der Waals surface area contributed by atoms with Crippen LogP contribution in [0.3, 0.4) is 0 Å². The summed E-state index contributed by atoms with van der Waals surface area (Å²) in [4.78, 5) is 4.83. The predicted octanol–water partition coefficient (Wildman–Crippen LogP) is 21.9. The number of para-hydroxylation sites is 3. The van der Waals surface area contributed by atoms with Crippen molar-refractivity contribution < 1.29 is 0 Å². The molecule has 0 unspecified atom stereocenters. The number of anilines is 6. The van der Waals surface area contributed by atoms with Gasteiger partial charge in [-0.05, 0) is 125 Å². The maximum Gasteiger partial charge on any atom is 0.0542 e. The van der Waals surface area contributed by atoms with Gasteiger partial charge < -0.3 is 9.80 Å². The number of hydrogen-bond acceptors (Lipinski definition) is 6. The highest BCUT2D eigenvalue weighted by atomic mass is 32.1. The summed E-state index contributed by atoms with van der Waals surface area (Å²) in [5, 5.41) is 7.77. The van der Waals surface area contributed by atoms with E-state index in [1.54, 1.807) is 0 Å². The van der Waals surface area contributed by atoms with Crippen molar-refractivity contribution in [2.24, 2.45) is 0 Å². The molecule has 0 aliphatic heterocycles. The van der Waals surface area contributed by atoms with Gasteiger partial charge in [0.25, 0.3) is 0 Å². The molecule has 2 nitrogen and oxygen atoms in total. The zero-order valence-electron chi connectivity index (χ0n) is 39.8. The van der Waals surface area contributed by atoms with Gasteiger partial charge in [-0.25, -0.2) is 0 Å². The van der Waals surface area contributed by atoms with E-state index in [-0.39, 0.29) is 0 Å². The van der Waals surface area contributed by atoms with Crippen LogP contribution in [-0.4, -0.2) is 0 Å². The summed E-state index contributed by atoms with van der Waals surface area (Å²) in [6.07, 6.45) is 0. The topological polar surface area (TPSA) is 6.48 Å². The van der Waals surface area contributed by atoms with Gasteiger partial charge >= 0.3 is 0 Å². The molecule has 4 heterocycles. The molecule has 0 aliphatic carbocycles. The van der Waals surface area contributed by atoms with E-state index in [2.05, 4.69) is 265 Å². The minimum Gasteiger partial charge on any atom is -0.310 e. The van der Waals surface area contributed by atoms with Crippen LogP contribution >= 0.6 is 45.3 Å². The first-order valence-electron chi connectivity index (χ1n) is 24.9. The molecule has 0 N–H and O–H groups in total. The van der Waals surface area contributed by atoms with Crippen molar-refractivity contribution in [3.63, 3.8) is 0 Å². The van der Waals surface area contributed by atoms with Gasteiger partial charge in [-0.2, -0.15) is 0 Å². The quantitative estimate of drug-likeness (QED) is 0.142. The molecule has 0 amide bonds. The Morgan fingerprint density at radius 3 is 1.18 bits per heavy atom. The van der Waals surface area contributed by atoms with Gasteiger partial charge in [0.05, 0.1) is 9.40 Å². The molecular weight excluding hydrogens is 973 g/mol. The Labute approximate surface area is 444 Å². The smallest absolute Gasteiger partial charge is 0.0542 e. The van der Waals surface area contributed by atoms with Gasteiger partial charge in [0, 0.05) is 106 Å². The second-order valence-corrected chi connectivity index (χ2v) is 23.0. The van der Waals surface area contributed by atoms with E-state index >= 15 is 0 Å². The van der Waals surface area contributed by atoms with Crippen LogP contribution < -0.4 is 9.80 Å². The summed E-state index contributed by atoms with van der Waals surface area (Å²) in [5.74, 6) is 0. The largest absolute Gasteiger partial charge is 0.310 e. The molecule has 15 rings (SSSR count). The van der Waals surface area contributed by atoms with Crippen molar-refractivity contribution >= 4 is 149 Å². The van der Waals surface area contributed by atoms with Crippen molar-refractivity contribution in [1.29, 1.82) is 0 Å². The minimum absolute atomic E-state index is 1.12. The van der Waals surface area contributed by atoms with Crippen LogP contribution in [0.1, 0.15) is 0 Å². The highest BCUT2D eigenvalue weighted by Gasteiger charge is 2.22. The molecule has 11 aromatic carbocycles. The standard InChI is InChI=1S/C68H42N2S4/c1-4-19-47(20-5-1)69(48-21-6-2-7-22-48)51-40-57(66-59(41-51)54-26-11-14-29-62(54)72-66)46-18-16-17-45(37-46)43-31-33-44(34-32-43)56-39-52(42-58-53-25-10-13-28-61(53)71-65(56)58)70(49-23-8-3-9-24-49)50-35-36-64-60(38-50)68-67(74-64)55-27-12-15-30-63(55)73-68/h1-42H. The summed E-state index contributed by atoms with van der Waals surface area (Å²) in [6.45, 7) is 0. The lowest BCUT2D eigenvalue weighted by Crippen LogP contribution is -2.10. The lowest BCUT2D eigenvalue weighted by molar-refractivity contribution is 1.29. The molecule has 0 saturated carbocycles.